The maximum atomic E-state index is 14.4. The third kappa shape index (κ3) is 4.41. The van der Waals surface area contributed by atoms with Crippen LogP contribution >= 0.6 is 0 Å². The predicted molar refractivity (Wildman–Crippen MR) is 134 cm³/mol. The van der Waals surface area contributed by atoms with Crippen molar-refractivity contribution < 1.29 is 9.13 Å². The van der Waals surface area contributed by atoms with E-state index < -0.39 is 0 Å². The molecule has 2 atom stereocenters. The molecule has 0 saturated heterocycles. The highest BCUT2D eigenvalue weighted by molar-refractivity contribution is 5.93. The summed E-state index contributed by atoms with van der Waals surface area (Å²) in [4.78, 5) is 2.18. The first kappa shape index (κ1) is 22.4. The van der Waals surface area contributed by atoms with Crippen molar-refractivity contribution in [1.29, 1.82) is 0 Å². The molecule has 4 nitrogen and oxygen atoms in total. The quantitative estimate of drug-likeness (QED) is 0.534. The van der Waals surface area contributed by atoms with E-state index in [4.69, 9.17) is 4.74 Å². The molecule has 5 heteroatoms. The second-order valence-corrected chi connectivity index (χ2v) is 10.1. The van der Waals surface area contributed by atoms with Gasteiger partial charge in [0, 0.05) is 42.2 Å². The average Bonchev–Trinajstić information content (AvgIpc) is 3.11. The van der Waals surface area contributed by atoms with Gasteiger partial charge < -0.3 is 19.5 Å². The van der Waals surface area contributed by atoms with Crippen LogP contribution in [0.15, 0.2) is 42.5 Å². The number of ether oxygens (including phenoxy) is 1. The predicted octanol–water partition coefficient (Wildman–Crippen LogP) is 5.80. The van der Waals surface area contributed by atoms with Gasteiger partial charge in [0.1, 0.15) is 17.7 Å². The molecular weight excluding hydrogens is 413 g/mol. The molecule has 0 bridgehead atoms. The van der Waals surface area contributed by atoms with Gasteiger partial charge in [-0.1, -0.05) is 37.5 Å². The Morgan fingerprint density at radius 1 is 1.09 bits per heavy atom. The summed E-state index contributed by atoms with van der Waals surface area (Å²) in [5, 5.41) is 5.07. The average molecular weight is 450 g/mol. The van der Waals surface area contributed by atoms with E-state index in [0.717, 1.165) is 25.2 Å². The Bertz CT molecular complexity index is 1120. The number of para-hydroxylation sites is 1. The zero-order chi connectivity index (χ0) is 22.9. The second-order valence-electron chi connectivity index (χ2n) is 10.1. The molecule has 0 spiro atoms. The Hall–Kier alpha value is -2.37. The van der Waals surface area contributed by atoms with Crippen LogP contribution in [-0.2, 0) is 6.54 Å². The largest absolute Gasteiger partial charge is 0.488 e. The number of halogens is 1. The fourth-order valence-corrected chi connectivity index (χ4v) is 5.74. The number of hydrogen-bond acceptors (Lipinski definition) is 3. The number of fused-ring (bicyclic) bond motifs is 5. The van der Waals surface area contributed by atoms with Gasteiger partial charge in [0.05, 0.1) is 11.7 Å². The number of benzene rings is 2. The zero-order valence-corrected chi connectivity index (χ0v) is 20.1. The van der Waals surface area contributed by atoms with Crippen LogP contribution < -0.4 is 10.1 Å². The van der Waals surface area contributed by atoms with Crippen LogP contribution in [0.5, 0.6) is 5.75 Å². The van der Waals surface area contributed by atoms with Crippen LogP contribution in [0.2, 0.25) is 0 Å². The summed E-state index contributed by atoms with van der Waals surface area (Å²) >= 11 is 0. The van der Waals surface area contributed by atoms with Crippen LogP contribution in [0.25, 0.3) is 22.2 Å². The third-order valence-corrected chi connectivity index (χ3v) is 7.45. The fraction of sp³-hybridized carbons (Fsp3) is 0.500. The first-order valence-electron chi connectivity index (χ1n) is 12.5. The molecule has 3 aromatic rings. The summed E-state index contributed by atoms with van der Waals surface area (Å²) in [5.41, 5.74) is 4.95. The number of nitrogens with zero attached hydrogens (tertiary/aromatic N) is 2. The van der Waals surface area contributed by atoms with Crippen molar-refractivity contribution in [1.82, 2.24) is 14.8 Å². The van der Waals surface area contributed by atoms with Crippen molar-refractivity contribution >= 4 is 10.9 Å². The summed E-state index contributed by atoms with van der Waals surface area (Å²) in [5.74, 6) is 0.943. The molecule has 5 rings (SSSR count). The van der Waals surface area contributed by atoms with Gasteiger partial charge >= 0.3 is 0 Å². The van der Waals surface area contributed by atoms with Crippen molar-refractivity contribution in [3.63, 3.8) is 0 Å². The molecule has 2 unspecified atom stereocenters. The second kappa shape index (κ2) is 9.47. The molecule has 2 aromatic carbocycles. The molecule has 1 fully saturated rings. The summed E-state index contributed by atoms with van der Waals surface area (Å²) in [6, 6.07) is 14.0. The Labute approximate surface area is 196 Å². The molecule has 1 aromatic heterocycles. The van der Waals surface area contributed by atoms with Crippen LogP contribution in [0, 0.1) is 5.82 Å². The van der Waals surface area contributed by atoms with E-state index in [0.29, 0.717) is 11.7 Å². The Balaban J connectivity index is 1.69. The first-order chi connectivity index (χ1) is 16.0. The number of nitrogens with one attached hydrogen (secondary N) is 1. The van der Waals surface area contributed by atoms with Crippen LogP contribution in [0.3, 0.4) is 0 Å². The number of likely N-dealkylation sites (N-methyl/N-ethyl adjacent to an activating group) is 1. The number of hydrogen-bond donors (Lipinski definition) is 1. The Kier molecular flexibility index (Phi) is 6.44. The first-order valence-corrected chi connectivity index (χ1v) is 12.5. The maximum absolute atomic E-state index is 14.4. The van der Waals surface area contributed by atoms with Crippen molar-refractivity contribution in [2.45, 2.75) is 63.6 Å². The molecule has 2 heterocycles. The summed E-state index contributed by atoms with van der Waals surface area (Å²) in [7, 11) is 4.18. The lowest BCUT2D eigenvalue weighted by molar-refractivity contribution is 0.155. The summed E-state index contributed by atoms with van der Waals surface area (Å²) in [6.45, 7) is 4.77. The van der Waals surface area contributed by atoms with E-state index in [-0.39, 0.29) is 18.0 Å². The summed E-state index contributed by atoms with van der Waals surface area (Å²) < 4.78 is 23.3. The van der Waals surface area contributed by atoms with Gasteiger partial charge in [0.2, 0.25) is 0 Å². The minimum Gasteiger partial charge on any atom is -0.488 e. The molecular formula is C28H36FN3O. The van der Waals surface area contributed by atoms with Crippen LogP contribution in [0.1, 0.15) is 50.5 Å². The molecule has 1 N–H and O–H groups in total. The van der Waals surface area contributed by atoms with E-state index >= 15 is 0 Å². The molecule has 0 amide bonds. The molecule has 1 aliphatic carbocycles. The molecule has 0 radical (unpaired) electrons. The van der Waals surface area contributed by atoms with Gasteiger partial charge in [-0.3, -0.25) is 0 Å². The molecule has 2 aliphatic rings. The van der Waals surface area contributed by atoms with E-state index in [2.05, 4.69) is 60.1 Å². The van der Waals surface area contributed by atoms with E-state index in [1.165, 1.54) is 54.3 Å². The smallest absolute Gasteiger partial charge is 0.132 e. The van der Waals surface area contributed by atoms with Gasteiger partial charge in [0.25, 0.3) is 0 Å². The highest BCUT2D eigenvalue weighted by Gasteiger charge is 2.32. The van der Waals surface area contributed by atoms with Gasteiger partial charge in [-0.15, -0.1) is 0 Å². The van der Waals surface area contributed by atoms with Gasteiger partial charge in [-0.2, -0.15) is 0 Å². The molecule has 1 aliphatic heterocycles. The normalized spacial score (nSPS) is 21.4. The molecule has 33 heavy (non-hydrogen) atoms. The number of rotatable bonds is 5. The van der Waals surface area contributed by atoms with E-state index in [1.807, 2.05) is 6.07 Å². The summed E-state index contributed by atoms with van der Waals surface area (Å²) in [6.07, 6.45) is 6.24. The third-order valence-electron chi connectivity index (χ3n) is 7.45. The lowest BCUT2D eigenvalue weighted by Crippen LogP contribution is -2.47. The lowest BCUT2D eigenvalue weighted by atomic mass is 9.81. The van der Waals surface area contributed by atoms with Gasteiger partial charge in [-0.25, -0.2) is 4.39 Å². The monoisotopic (exact) mass is 449 g/mol. The highest BCUT2D eigenvalue weighted by atomic mass is 19.1. The van der Waals surface area contributed by atoms with Gasteiger partial charge in [-0.05, 0) is 63.5 Å². The maximum Gasteiger partial charge on any atom is 0.132 e. The fourth-order valence-electron chi connectivity index (χ4n) is 5.74. The lowest BCUT2D eigenvalue weighted by Gasteiger charge is -2.32. The van der Waals surface area contributed by atoms with Crippen molar-refractivity contribution in [3.05, 3.63) is 53.8 Å². The number of aromatic nitrogens is 1. The van der Waals surface area contributed by atoms with Crippen LogP contribution in [-0.4, -0.2) is 48.8 Å². The molecule has 176 valence electrons. The SMILES string of the molecule is CC1Oc2cc(F)ccc2-c2c(C3CCCCC3)c3ccccc3n2CC1NCCN(C)C. The minimum absolute atomic E-state index is 0.0832. The minimum atomic E-state index is -0.250. The molecule has 1 saturated carbocycles. The Morgan fingerprint density at radius 2 is 1.88 bits per heavy atom. The standard InChI is InChI=1S/C28H36FN3O/c1-19-24(30-15-16-31(2)3)18-32-25-12-8-7-11-22(25)27(20-9-5-4-6-10-20)28(32)23-14-13-21(29)17-26(23)33-19/h7-8,11-14,17,19-20,24,30H,4-6,9-10,15-16,18H2,1-3H3. The Morgan fingerprint density at radius 3 is 2.67 bits per heavy atom. The van der Waals surface area contributed by atoms with Crippen molar-refractivity contribution in [2.24, 2.45) is 0 Å². The van der Waals surface area contributed by atoms with Crippen molar-refractivity contribution in [3.8, 4) is 17.0 Å². The van der Waals surface area contributed by atoms with E-state index in [1.54, 1.807) is 12.1 Å². The topological polar surface area (TPSA) is 29.4 Å². The van der Waals surface area contributed by atoms with Gasteiger partial charge in [0.15, 0.2) is 0 Å². The zero-order valence-electron chi connectivity index (χ0n) is 20.1. The van der Waals surface area contributed by atoms with E-state index in [9.17, 15) is 4.39 Å². The highest BCUT2D eigenvalue weighted by Crippen LogP contribution is 2.47. The van der Waals surface area contributed by atoms with Crippen molar-refractivity contribution in [2.75, 3.05) is 27.2 Å². The van der Waals surface area contributed by atoms with Crippen LogP contribution in [0.4, 0.5) is 4.39 Å².